The number of aryl methyl sites for hydroxylation is 1. The average molecular weight is 465 g/mol. The number of rotatable bonds is 7. The fraction of sp³-hybridized carbons (Fsp3) is 0.250. The molecule has 28 heavy (non-hydrogen) atoms. The van der Waals surface area contributed by atoms with Crippen LogP contribution >= 0.6 is 27.5 Å². The summed E-state index contributed by atoms with van der Waals surface area (Å²) in [7, 11) is 0. The standard InChI is InChI=1S/C20H19BrClN3O3/c1-3-8-27-16-10-12(2)23-19(21)17(16)20(26)24-18(15-7-9-28-25-15)13-5-4-6-14(22)11-13/h4-7,9-11,18H,3,8H2,1-2H3,(H,24,26). The second-order valence-electron chi connectivity index (χ2n) is 6.16. The first-order chi connectivity index (χ1) is 13.5. The second-order valence-corrected chi connectivity index (χ2v) is 7.35. The van der Waals surface area contributed by atoms with E-state index in [-0.39, 0.29) is 5.91 Å². The van der Waals surface area contributed by atoms with Gasteiger partial charge in [0.25, 0.3) is 5.91 Å². The van der Waals surface area contributed by atoms with Gasteiger partial charge in [0.15, 0.2) is 0 Å². The van der Waals surface area contributed by atoms with Crippen molar-refractivity contribution in [2.75, 3.05) is 6.61 Å². The molecule has 2 aromatic heterocycles. The lowest BCUT2D eigenvalue weighted by Crippen LogP contribution is -2.30. The van der Waals surface area contributed by atoms with E-state index >= 15 is 0 Å². The number of hydrogen-bond donors (Lipinski definition) is 1. The summed E-state index contributed by atoms with van der Waals surface area (Å²) in [5.41, 5.74) is 2.41. The van der Waals surface area contributed by atoms with E-state index in [1.54, 1.807) is 24.3 Å². The Labute approximate surface area is 176 Å². The third-order valence-corrected chi connectivity index (χ3v) is 4.78. The van der Waals surface area contributed by atoms with Crippen LogP contribution in [-0.4, -0.2) is 22.7 Å². The second kappa shape index (κ2) is 9.21. The Morgan fingerprint density at radius 1 is 1.36 bits per heavy atom. The van der Waals surface area contributed by atoms with Crippen molar-refractivity contribution in [3.63, 3.8) is 0 Å². The van der Waals surface area contributed by atoms with Gasteiger partial charge in [-0.25, -0.2) is 4.98 Å². The molecule has 6 nitrogen and oxygen atoms in total. The van der Waals surface area contributed by atoms with Gasteiger partial charge in [-0.1, -0.05) is 35.8 Å². The van der Waals surface area contributed by atoms with Crippen molar-refractivity contribution in [1.82, 2.24) is 15.5 Å². The van der Waals surface area contributed by atoms with Crippen LogP contribution in [0.15, 0.2) is 51.8 Å². The fourth-order valence-electron chi connectivity index (χ4n) is 2.73. The van der Waals surface area contributed by atoms with Crippen molar-refractivity contribution in [2.24, 2.45) is 0 Å². The molecule has 146 valence electrons. The smallest absolute Gasteiger partial charge is 0.258 e. The molecule has 3 rings (SSSR count). The number of amides is 1. The molecule has 0 bridgehead atoms. The lowest BCUT2D eigenvalue weighted by atomic mass is 10.0. The monoisotopic (exact) mass is 463 g/mol. The molecule has 1 atom stereocenters. The molecule has 3 aromatic rings. The van der Waals surface area contributed by atoms with E-state index in [0.717, 1.165) is 17.7 Å². The quantitative estimate of drug-likeness (QED) is 0.492. The molecule has 1 aromatic carbocycles. The third kappa shape index (κ3) is 4.72. The SMILES string of the molecule is CCCOc1cc(C)nc(Br)c1C(=O)NC(c1cccc(Cl)c1)c1ccon1. The van der Waals surface area contributed by atoms with Crippen LogP contribution in [0, 0.1) is 6.92 Å². The van der Waals surface area contributed by atoms with E-state index in [0.29, 0.717) is 33.2 Å². The van der Waals surface area contributed by atoms with E-state index in [4.69, 9.17) is 20.9 Å². The number of carbonyl (C=O) groups is 1. The first kappa shape index (κ1) is 20.4. The highest BCUT2D eigenvalue weighted by molar-refractivity contribution is 9.10. The summed E-state index contributed by atoms with van der Waals surface area (Å²) in [5, 5.41) is 7.53. The van der Waals surface area contributed by atoms with Crippen LogP contribution in [0.1, 0.15) is 46.7 Å². The van der Waals surface area contributed by atoms with Crippen LogP contribution < -0.4 is 10.1 Å². The van der Waals surface area contributed by atoms with Crippen molar-refractivity contribution in [3.05, 3.63) is 74.8 Å². The highest BCUT2D eigenvalue weighted by Crippen LogP contribution is 2.29. The number of carbonyl (C=O) groups excluding carboxylic acids is 1. The lowest BCUT2D eigenvalue weighted by molar-refractivity contribution is 0.0936. The molecule has 0 spiro atoms. The molecule has 0 aliphatic carbocycles. The highest BCUT2D eigenvalue weighted by Gasteiger charge is 2.25. The maximum absolute atomic E-state index is 13.2. The van der Waals surface area contributed by atoms with Gasteiger partial charge in [-0.05, 0) is 47.0 Å². The molecular weight excluding hydrogens is 446 g/mol. The molecule has 1 unspecified atom stereocenters. The van der Waals surface area contributed by atoms with Crippen LogP contribution in [0.4, 0.5) is 0 Å². The minimum atomic E-state index is -0.544. The summed E-state index contributed by atoms with van der Waals surface area (Å²) < 4.78 is 11.2. The molecule has 0 radical (unpaired) electrons. The Hall–Kier alpha value is -2.38. The Kier molecular flexibility index (Phi) is 6.70. The summed E-state index contributed by atoms with van der Waals surface area (Å²) in [6.45, 7) is 4.34. The number of aromatic nitrogens is 2. The first-order valence-corrected chi connectivity index (χ1v) is 9.93. The van der Waals surface area contributed by atoms with Gasteiger partial charge in [-0.3, -0.25) is 4.79 Å². The van der Waals surface area contributed by atoms with Crippen molar-refractivity contribution >= 4 is 33.4 Å². The minimum Gasteiger partial charge on any atom is -0.493 e. The Balaban J connectivity index is 1.97. The van der Waals surface area contributed by atoms with Gasteiger partial charge >= 0.3 is 0 Å². The van der Waals surface area contributed by atoms with E-state index in [1.807, 2.05) is 26.0 Å². The number of nitrogens with zero attached hydrogens (tertiary/aromatic N) is 2. The zero-order chi connectivity index (χ0) is 20.1. The minimum absolute atomic E-state index is 0.328. The maximum Gasteiger partial charge on any atom is 0.258 e. The van der Waals surface area contributed by atoms with Gasteiger partial charge in [0.05, 0.1) is 6.61 Å². The van der Waals surface area contributed by atoms with Crippen LogP contribution in [0.25, 0.3) is 0 Å². The maximum atomic E-state index is 13.2. The Bertz CT molecular complexity index is 963. The summed E-state index contributed by atoms with van der Waals surface area (Å²) >= 11 is 9.52. The predicted octanol–water partition coefficient (Wildman–Crippen LogP) is 5.10. The van der Waals surface area contributed by atoms with Gasteiger partial charge in [0, 0.05) is 22.8 Å². The van der Waals surface area contributed by atoms with E-state index in [2.05, 4.69) is 31.4 Å². The van der Waals surface area contributed by atoms with Gasteiger partial charge in [0.1, 0.15) is 33.9 Å². The molecule has 8 heteroatoms. The average Bonchev–Trinajstić information content (AvgIpc) is 3.18. The normalized spacial score (nSPS) is 11.9. The van der Waals surface area contributed by atoms with Crippen LogP contribution in [0.3, 0.4) is 0 Å². The predicted molar refractivity (Wildman–Crippen MR) is 110 cm³/mol. The Morgan fingerprint density at radius 2 is 2.18 bits per heavy atom. The number of pyridine rings is 1. The molecule has 2 heterocycles. The van der Waals surface area contributed by atoms with Crippen molar-refractivity contribution in [1.29, 1.82) is 0 Å². The topological polar surface area (TPSA) is 77.2 Å². The lowest BCUT2D eigenvalue weighted by Gasteiger charge is -2.19. The number of halogens is 2. The molecule has 0 saturated carbocycles. The molecule has 0 aliphatic heterocycles. The number of hydrogen-bond acceptors (Lipinski definition) is 5. The van der Waals surface area contributed by atoms with Crippen LogP contribution in [0.5, 0.6) is 5.75 Å². The van der Waals surface area contributed by atoms with Crippen LogP contribution in [0.2, 0.25) is 5.02 Å². The third-order valence-electron chi connectivity index (χ3n) is 3.97. The molecular formula is C20H19BrClN3O3. The van der Waals surface area contributed by atoms with Gasteiger partial charge in [0.2, 0.25) is 0 Å². The highest BCUT2D eigenvalue weighted by atomic mass is 79.9. The largest absolute Gasteiger partial charge is 0.493 e. The Morgan fingerprint density at radius 3 is 2.86 bits per heavy atom. The molecule has 1 amide bonds. The van der Waals surface area contributed by atoms with Crippen molar-refractivity contribution in [2.45, 2.75) is 26.3 Å². The first-order valence-electron chi connectivity index (χ1n) is 8.76. The van der Waals surface area contributed by atoms with Gasteiger partial charge in [-0.2, -0.15) is 0 Å². The zero-order valence-electron chi connectivity index (χ0n) is 15.4. The summed E-state index contributed by atoms with van der Waals surface area (Å²) in [4.78, 5) is 17.5. The fourth-order valence-corrected chi connectivity index (χ4v) is 3.58. The summed E-state index contributed by atoms with van der Waals surface area (Å²) in [5.74, 6) is 0.127. The van der Waals surface area contributed by atoms with Crippen molar-refractivity contribution < 1.29 is 14.1 Å². The number of nitrogens with one attached hydrogen (secondary N) is 1. The van der Waals surface area contributed by atoms with Crippen molar-refractivity contribution in [3.8, 4) is 5.75 Å². The zero-order valence-corrected chi connectivity index (χ0v) is 17.8. The van der Waals surface area contributed by atoms with E-state index in [1.165, 1.54) is 6.26 Å². The summed E-state index contributed by atoms with van der Waals surface area (Å²) in [6.07, 6.45) is 2.28. The van der Waals surface area contributed by atoms with Gasteiger partial charge in [-0.15, -0.1) is 0 Å². The molecule has 0 aliphatic rings. The molecule has 0 saturated heterocycles. The van der Waals surface area contributed by atoms with E-state index < -0.39 is 6.04 Å². The number of ether oxygens (including phenoxy) is 1. The summed E-state index contributed by atoms with van der Waals surface area (Å²) in [6, 6.07) is 10.1. The van der Waals surface area contributed by atoms with Gasteiger partial charge < -0.3 is 14.6 Å². The number of benzene rings is 1. The van der Waals surface area contributed by atoms with Crippen LogP contribution in [-0.2, 0) is 0 Å². The van der Waals surface area contributed by atoms with E-state index in [9.17, 15) is 4.79 Å². The molecule has 0 fully saturated rings. The molecule has 1 N–H and O–H groups in total.